The molecule has 2 aromatic heterocycles. The molecule has 0 spiro atoms. The van der Waals surface area contributed by atoms with Crippen LogP contribution >= 0.6 is 0 Å². The fraction of sp³-hybridized carbons (Fsp3) is 0.421. The number of aliphatic hydroxyl groups is 1. The number of nitrogens with zero attached hydrogens (tertiary/aromatic N) is 5. The molecule has 1 aromatic carbocycles. The summed E-state index contributed by atoms with van der Waals surface area (Å²) >= 11 is 0. The summed E-state index contributed by atoms with van der Waals surface area (Å²) in [6.07, 6.45) is 4.12. The predicted octanol–water partition coefficient (Wildman–Crippen LogP) is 2.92. The summed E-state index contributed by atoms with van der Waals surface area (Å²) in [5, 5.41) is 22.2. The third kappa shape index (κ3) is 3.03. The maximum absolute atomic E-state index is 14.2. The maximum Gasteiger partial charge on any atom is 0.188 e. The Morgan fingerprint density at radius 1 is 1.12 bits per heavy atom. The van der Waals surface area contributed by atoms with Gasteiger partial charge in [0.05, 0.1) is 5.56 Å². The van der Waals surface area contributed by atoms with Gasteiger partial charge in [0.15, 0.2) is 11.5 Å². The molecule has 4 rings (SSSR count). The Labute approximate surface area is 151 Å². The first-order valence-corrected chi connectivity index (χ1v) is 8.98. The molecule has 0 saturated heterocycles. The van der Waals surface area contributed by atoms with Crippen LogP contribution in [0, 0.1) is 11.7 Å². The van der Waals surface area contributed by atoms with E-state index in [-0.39, 0.29) is 12.4 Å². The summed E-state index contributed by atoms with van der Waals surface area (Å²) in [7, 11) is 2.03. The lowest BCUT2D eigenvalue weighted by atomic mass is 9.86. The van der Waals surface area contributed by atoms with Crippen LogP contribution in [0.1, 0.15) is 25.7 Å². The van der Waals surface area contributed by atoms with Crippen molar-refractivity contribution in [2.24, 2.45) is 5.92 Å². The van der Waals surface area contributed by atoms with Gasteiger partial charge < -0.3 is 10.0 Å². The zero-order valence-electron chi connectivity index (χ0n) is 14.7. The van der Waals surface area contributed by atoms with Gasteiger partial charge in [-0.15, -0.1) is 15.3 Å². The van der Waals surface area contributed by atoms with E-state index in [1.54, 1.807) is 22.7 Å². The van der Waals surface area contributed by atoms with E-state index in [1.807, 2.05) is 19.2 Å². The number of aliphatic hydroxyl groups excluding tert-OH is 1. The summed E-state index contributed by atoms with van der Waals surface area (Å²) in [5.41, 5.74) is 0.972. The first-order valence-electron chi connectivity index (χ1n) is 8.98. The molecule has 1 fully saturated rings. The van der Waals surface area contributed by atoms with Gasteiger partial charge in [0, 0.05) is 19.7 Å². The first kappa shape index (κ1) is 16.9. The van der Waals surface area contributed by atoms with E-state index < -0.39 is 0 Å². The van der Waals surface area contributed by atoms with Crippen molar-refractivity contribution in [2.75, 3.05) is 18.6 Å². The molecule has 1 N–H and O–H groups in total. The van der Waals surface area contributed by atoms with Crippen LogP contribution in [0.25, 0.3) is 17.0 Å². The van der Waals surface area contributed by atoms with Gasteiger partial charge in [-0.25, -0.2) is 4.39 Å². The van der Waals surface area contributed by atoms with Crippen molar-refractivity contribution >= 4 is 11.5 Å². The highest BCUT2D eigenvalue weighted by Crippen LogP contribution is 2.29. The highest BCUT2D eigenvalue weighted by atomic mass is 19.1. The summed E-state index contributed by atoms with van der Waals surface area (Å²) in [4.78, 5) is 2.16. The molecule has 3 aromatic rings. The second-order valence-electron chi connectivity index (χ2n) is 6.93. The molecule has 0 unspecified atom stereocenters. The van der Waals surface area contributed by atoms with Crippen LogP contribution < -0.4 is 4.90 Å². The molecule has 0 amide bonds. The highest BCUT2D eigenvalue weighted by Gasteiger charge is 2.25. The summed E-state index contributed by atoms with van der Waals surface area (Å²) < 4.78 is 15.8. The molecule has 1 aliphatic rings. The van der Waals surface area contributed by atoms with Crippen molar-refractivity contribution < 1.29 is 9.50 Å². The fourth-order valence-corrected chi connectivity index (χ4v) is 3.68. The van der Waals surface area contributed by atoms with Crippen molar-refractivity contribution in [3.63, 3.8) is 0 Å². The first-order chi connectivity index (χ1) is 12.7. The summed E-state index contributed by atoms with van der Waals surface area (Å²) in [5.74, 6) is 1.28. The number of anilines is 1. The number of halogens is 1. The molecule has 0 aliphatic heterocycles. The second kappa shape index (κ2) is 6.99. The standard InChI is InChI=1S/C19H22FN5O/c1-24(14-8-6-13(12-26)7-9-14)18-11-10-17-21-22-19(25(17)23-18)15-4-2-3-5-16(15)20/h2-5,10-11,13-14,26H,6-9,12H2,1H3. The van der Waals surface area contributed by atoms with Gasteiger partial charge in [-0.1, -0.05) is 12.1 Å². The van der Waals surface area contributed by atoms with Crippen LogP contribution in [0.3, 0.4) is 0 Å². The molecule has 1 saturated carbocycles. The molecular weight excluding hydrogens is 333 g/mol. The van der Waals surface area contributed by atoms with E-state index in [2.05, 4.69) is 20.2 Å². The van der Waals surface area contributed by atoms with Crippen molar-refractivity contribution in [2.45, 2.75) is 31.7 Å². The number of benzene rings is 1. The van der Waals surface area contributed by atoms with E-state index in [4.69, 9.17) is 0 Å². The van der Waals surface area contributed by atoms with E-state index in [1.165, 1.54) is 6.07 Å². The average Bonchev–Trinajstić information content (AvgIpc) is 3.11. The SMILES string of the molecule is CN(c1ccc2nnc(-c3ccccc3F)n2n1)C1CCC(CO)CC1. The molecule has 0 atom stereocenters. The lowest BCUT2D eigenvalue weighted by Gasteiger charge is -2.34. The molecule has 6 nitrogen and oxygen atoms in total. The largest absolute Gasteiger partial charge is 0.396 e. The van der Waals surface area contributed by atoms with Crippen LogP contribution in [0.2, 0.25) is 0 Å². The average molecular weight is 355 g/mol. The third-order valence-electron chi connectivity index (χ3n) is 5.35. The number of hydrogen-bond acceptors (Lipinski definition) is 5. The van der Waals surface area contributed by atoms with Gasteiger partial charge in [0.1, 0.15) is 11.6 Å². The normalized spacial score (nSPS) is 20.4. The molecule has 7 heteroatoms. The zero-order chi connectivity index (χ0) is 18.1. The van der Waals surface area contributed by atoms with Crippen molar-refractivity contribution in [1.29, 1.82) is 0 Å². The fourth-order valence-electron chi connectivity index (χ4n) is 3.68. The molecule has 0 bridgehead atoms. The predicted molar refractivity (Wildman–Crippen MR) is 97.4 cm³/mol. The smallest absolute Gasteiger partial charge is 0.188 e. The number of hydrogen-bond donors (Lipinski definition) is 1. The van der Waals surface area contributed by atoms with Gasteiger partial charge in [-0.05, 0) is 55.9 Å². The lowest BCUT2D eigenvalue weighted by Crippen LogP contribution is -2.36. The topological polar surface area (TPSA) is 66.6 Å². The Morgan fingerprint density at radius 3 is 2.62 bits per heavy atom. The molecule has 2 heterocycles. The van der Waals surface area contributed by atoms with Crippen LogP contribution in [-0.2, 0) is 0 Å². The van der Waals surface area contributed by atoms with Gasteiger partial charge in [0.25, 0.3) is 0 Å². The van der Waals surface area contributed by atoms with Crippen molar-refractivity contribution in [1.82, 2.24) is 19.8 Å². The van der Waals surface area contributed by atoms with E-state index >= 15 is 0 Å². The van der Waals surface area contributed by atoms with Crippen LogP contribution in [-0.4, -0.2) is 44.6 Å². The minimum absolute atomic E-state index is 0.271. The maximum atomic E-state index is 14.2. The van der Waals surface area contributed by atoms with E-state index in [0.29, 0.717) is 29.0 Å². The van der Waals surface area contributed by atoms with Crippen LogP contribution in [0.5, 0.6) is 0 Å². The van der Waals surface area contributed by atoms with Gasteiger partial charge in [0.2, 0.25) is 0 Å². The number of aromatic nitrogens is 4. The number of fused-ring (bicyclic) bond motifs is 1. The Morgan fingerprint density at radius 2 is 1.88 bits per heavy atom. The highest BCUT2D eigenvalue weighted by molar-refractivity contribution is 5.60. The van der Waals surface area contributed by atoms with E-state index in [0.717, 1.165) is 31.5 Å². The molecular formula is C19H22FN5O. The van der Waals surface area contributed by atoms with E-state index in [9.17, 15) is 9.50 Å². The zero-order valence-corrected chi connectivity index (χ0v) is 14.7. The number of rotatable bonds is 4. The van der Waals surface area contributed by atoms with Gasteiger partial charge in [-0.3, -0.25) is 0 Å². The van der Waals surface area contributed by atoms with Gasteiger partial charge >= 0.3 is 0 Å². The summed E-state index contributed by atoms with van der Waals surface area (Å²) in [6.45, 7) is 0.271. The Bertz CT molecular complexity index is 904. The molecule has 0 radical (unpaired) electrons. The third-order valence-corrected chi connectivity index (χ3v) is 5.35. The lowest BCUT2D eigenvalue weighted by molar-refractivity contribution is 0.182. The Kier molecular flexibility index (Phi) is 4.55. The van der Waals surface area contributed by atoms with Crippen molar-refractivity contribution in [3.8, 4) is 11.4 Å². The summed E-state index contributed by atoms with van der Waals surface area (Å²) in [6, 6.07) is 10.7. The van der Waals surface area contributed by atoms with Gasteiger partial charge in [-0.2, -0.15) is 4.52 Å². The minimum atomic E-state index is -0.343. The quantitative estimate of drug-likeness (QED) is 0.779. The monoisotopic (exact) mass is 355 g/mol. The molecule has 26 heavy (non-hydrogen) atoms. The second-order valence-corrected chi connectivity index (χ2v) is 6.93. The Balaban J connectivity index is 1.65. The van der Waals surface area contributed by atoms with Crippen LogP contribution in [0.4, 0.5) is 10.2 Å². The van der Waals surface area contributed by atoms with Crippen molar-refractivity contribution in [3.05, 3.63) is 42.2 Å². The minimum Gasteiger partial charge on any atom is -0.396 e. The Hall–Kier alpha value is -2.54. The molecule has 136 valence electrons. The molecule has 1 aliphatic carbocycles. The van der Waals surface area contributed by atoms with Crippen LogP contribution in [0.15, 0.2) is 36.4 Å².